The lowest BCUT2D eigenvalue weighted by Gasteiger charge is -2.29. The lowest BCUT2D eigenvalue weighted by Crippen LogP contribution is -2.37. The highest BCUT2D eigenvalue weighted by Crippen LogP contribution is 2.19. The summed E-state index contributed by atoms with van der Waals surface area (Å²) in [7, 11) is 0. The minimum atomic E-state index is -0.318. The number of nitrogens with one attached hydrogen (secondary N) is 1. The van der Waals surface area contributed by atoms with E-state index in [0.29, 0.717) is 56.3 Å². The third kappa shape index (κ3) is 5.64. The molecule has 9 heteroatoms. The van der Waals surface area contributed by atoms with Gasteiger partial charge in [-0.2, -0.15) is 4.98 Å². The Morgan fingerprint density at radius 1 is 1.16 bits per heavy atom. The van der Waals surface area contributed by atoms with Gasteiger partial charge in [0.25, 0.3) is 0 Å². The molecule has 3 aromatic rings. The number of pyridine rings is 1. The summed E-state index contributed by atoms with van der Waals surface area (Å²) >= 11 is 0. The van der Waals surface area contributed by atoms with Crippen molar-refractivity contribution in [2.75, 3.05) is 31.2 Å². The number of hydrogen-bond donors (Lipinski definition) is 1. The second-order valence-electron chi connectivity index (χ2n) is 7.23. The fraction of sp³-hybridized carbons (Fsp3) is 0.364. The number of halogens is 1. The number of carbonyl (C=O) groups excluding carboxylic acids is 1. The molecule has 1 N–H and O–H groups in total. The fourth-order valence-electron chi connectivity index (χ4n) is 3.38. The predicted octanol–water partition coefficient (Wildman–Crippen LogP) is 2.75. The zero-order chi connectivity index (χ0) is 21.5. The van der Waals surface area contributed by atoms with E-state index >= 15 is 0 Å². The monoisotopic (exact) mass is 425 g/mol. The first-order valence-electron chi connectivity index (χ1n) is 10.3. The van der Waals surface area contributed by atoms with Crippen LogP contribution in [0, 0.1) is 5.82 Å². The highest BCUT2D eigenvalue weighted by atomic mass is 19.1. The van der Waals surface area contributed by atoms with Crippen LogP contribution in [0.15, 0.2) is 47.1 Å². The zero-order valence-corrected chi connectivity index (χ0v) is 17.1. The molecular weight excluding hydrogens is 401 g/mol. The van der Waals surface area contributed by atoms with E-state index in [2.05, 4.69) is 25.3 Å². The number of anilines is 1. The molecule has 1 aromatic carbocycles. The van der Waals surface area contributed by atoms with Crippen LogP contribution in [0.3, 0.4) is 0 Å². The van der Waals surface area contributed by atoms with Gasteiger partial charge in [-0.25, -0.2) is 9.37 Å². The van der Waals surface area contributed by atoms with E-state index in [1.54, 1.807) is 18.3 Å². The van der Waals surface area contributed by atoms with Crippen LogP contribution < -0.4 is 10.2 Å². The molecule has 162 valence electrons. The summed E-state index contributed by atoms with van der Waals surface area (Å²) in [6.07, 6.45) is 3.19. The summed E-state index contributed by atoms with van der Waals surface area (Å²) in [5, 5.41) is 6.88. The molecule has 1 amide bonds. The molecule has 0 atom stereocenters. The maximum Gasteiger partial charge on any atom is 0.226 e. The molecule has 4 rings (SSSR count). The van der Waals surface area contributed by atoms with Crippen LogP contribution in [0.2, 0.25) is 0 Å². The highest BCUT2D eigenvalue weighted by molar-refractivity contribution is 5.76. The van der Waals surface area contributed by atoms with Gasteiger partial charge < -0.3 is 19.5 Å². The standard InChI is InChI=1S/C22H24FN5O3/c23-18-8-6-16(7-9-18)21-26-20(31-27-21)5-1-4-19(29)25-15-17-3-2-10-24-22(17)28-11-13-30-14-12-28/h2-3,6-10H,1,4-5,11-15H2,(H,25,29). The van der Waals surface area contributed by atoms with Crippen LogP contribution >= 0.6 is 0 Å². The van der Waals surface area contributed by atoms with Gasteiger partial charge in [-0.15, -0.1) is 0 Å². The normalized spacial score (nSPS) is 13.9. The van der Waals surface area contributed by atoms with Crippen molar-refractivity contribution in [1.29, 1.82) is 0 Å². The third-order valence-electron chi connectivity index (χ3n) is 5.02. The van der Waals surface area contributed by atoms with Gasteiger partial charge in [0, 0.05) is 49.8 Å². The Morgan fingerprint density at radius 3 is 2.77 bits per heavy atom. The van der Waals surface area contributed by atoms with E-state index in [9.17, 15) is 9.18 Å². The fourth-order valence-corrected chi connectivity index (χ4v) is 3.38. The molecule has 1 aliphatic rings. The van der Waals surface area contributed by atoms with E-state index in [4.69, 9.17) is 9.26 Å². The summed E-state index contributed by atoms with van der Waals surface area (Å²) in [5.41, 5.74) is 1.67. The van der Waals surface area contributed by atoms with Crippen LogP contribution in [0.4, 0.5) is 10.2 Å². The Labute approximate surface area is 179 Å². The third-order valence-corrected chi connectivity index (χ3v) is 5.02. The van der Waals surface area contributed by atoms with Crippen LogP contribution in [-0.2, 0) is 22.5 Å². The Morgan fingerprint density at radius 2 is 1.97 bits per heavy atom. The first kappa shape index (κ1) is 20.9. The maximum absolute atomic E-state index is 13.0. The maximum atomic E-state index is 13.0. The highest BCUT2D eigenvalue weighted by Gasteiger charge is 2.16. The largest absolute Gasteiger partial charge is 0.378 e. The molecule has 3 heterocycles. The van der Waals surface area contributed by atoms with Gasteiger partial charge in [-0.3, -0.25) is 4.79 Å². The van der Waals surface area contributed by atoms with Gasteiger partial charge in [0.2, 0.25) is 17.6 Å². The van der Waals surface area contributed by atoms with Crippen molar-refractivity contribution in [3.05, 3.63) is 59.9 Å². The van der Waals surface area contributed by atoms with Crippen LogP contribution in [0.25, 0.3) is 11.4 Å². The SMILES string of the molecule is O=C(CCCc1nc(-c2ccc(F)cc2)no1)NCc1cccnc1N1CCOCC1. The van der Waals surface area contributed by atoms with Gasteiger partial charge in [0.05, 0.1) is 13.2 Å². The van der Waals surface area contributed by atoms with Crippen molar-refractivity contribution >= 4 is 11.7 Å². The number of amides is 1. The lowest BCUT2D eigenvalue weighted by atomic mass is 10.2. The number of hydrogen-bond acceptors (Lipinski definition) is 7. The van der Waals surface area contributed by atoms with Gasteiger partial charge in [0.1, 0.15) is 11.6 Å². The number of aromatic nitrogens is 3. The van der Waals surface area contributed by atoms with E-state index < -0.39 is 0 Å². The van der Waals surface area contributed by atoms with Crippen molar-refractivity contribution in [2.45, 2.75) is 25.8 Å². The molecule has 0 aliphatic carbocycles. The molecule has 0 saturated carbocycles. The predicted molar refractivity (Wildman–Crippen MR) is 112 cm³/mol. The Bertz CT molecular complexity index is 1000. The van der Waals surface area contributed by atoms with Crippen molar-refractivity contribution in [2.24, 2.45) is 0 Å². The number of nitrogens with zero attached hydrogens (tertiary/aromatic N) is 4. The first-order chi connectivity index (χ1) is 15.2. The number of ether oxygens (including phenoxy) is 1. The summed E-state index contributed by atoms with van der Waals surface area (Å²) in [6, 6.07) is 9.75. The van der Waals surface area contributed by atoms with Crippen molar-refractivity contribution in [3.63, 3.8) is 0 Å². The number of carbonyl (C=O) groups is 1. The summed E-state index contributed by atoms with van der Waals surface area (Å²) in [4.78, 5) is 23.3. The molecule has 0 spiro atoms. The topological polar surface area (TPSA) is 93.4 Å². The van der Waals surface area contributed by atoms with Crippen molar-refractivity contribution < 1.29 is 18.4 Å². The number of benzene rings is 1. The minimum absolute atomic E-state index is 0.0462. The van der Waals surface area contributed by atoms with Crippen molar-refractivity contribution in [1.82, 2.24) is 20.4 Å². The lowest BCUT2D eigenvalue weighted by molar-refractivity contribution is -0.121. The van der Waals surface area contributed by atoms with Crippen LogP contribution in [-0.4, -0.2) is 47.3 Å². The van der Waals surface area contributed by atoms with E-state index in [1.807, 2.05) is 12.1 Å². The Balaban J connectivity index is 1.24. The minimum Gasteiger partial charge on any atom is -0.378 e. The number of aryl methyl sites for hydroxylation is 1. The molecule has 0 radical (unpaired) electrons. The smallest absolute Gasteiger partial charge is 0.226 e. The van der Waals surface area contributed by atoms with Crippen LogP contribution in [0.5, 0.6) is 0 Å². The van der Waals surface area contributed by atoms with E-state index in [1.165, 1.54) is 12.1 Å². The first-order valence-corrected chi connectivity index (χ1v) is 10.3. The summed E-state index contributed by atoms with van der Waals surface area (Å²) in [5.74, 6) is 1.39. The molecule has 0 unspecified atom stereocenters. The number of morpholine rings is 1. The molecule has 0 bridgehead atoms. The quantitative estimate of drug-likeness (QED) is 0.593. The number of rotatable bonds is 8. The average molecular weight is 425 g/mol. The zero-order valence-electron chi connectivity index (χ0n) is 17.1. The average Bonchev–Trinajstić information content (AvgIpc) is 3.28. The molecule has 1 saturated heterocycles. The second kappa shape index (κ2) is 10.1. The Hall–Kier alpha value is -3.33. The van der Waals surface area contributed by atoms with E-state index in [0.717, 1.165) is 24.5 Å². The molecule has 8 nitrogen and oxygen atoms in total. The Kier molecular flexibility index (Phi) is 6.83. The van der Waals surface area contributed by atoms with Gasteiger partial charge in [-0.05, 0) is 36.8 Å². The van der Waals surface area contributed by atoms with Crippen molar-refractivity contribution in [3.8, 4) is 11.4 Å². The molecule has 2 aromatic heterocycles. The molecule has 1 fully saturated rings. The molecule has 31 heavy (non-hydrogen) atoms. The van der Waals surface area contributed by atoms with Crippen LogP contribution in [0.1, 0.15) is 24.3 Å². The molecular formula is C22H24FN5O3. The summed E-state index contributed by atoms with van der Waals surface area (Å²) < 4.78 is 23.7. The van der Waals surface area contributed by atoms with Gasteiger partial charge in [-0.1, -0.05) is 11.2 Å². The summed E-state index contributed by atoms with van der Waals surface area (Å²) in [6.45, 7) is 3.38. The molecule has 1 aliphatic heterocycles. The van der Waals surface area contributed by atoms with Gasteiger partial charge >= 0.3 is 0 Å². The van der Waals surface area contributed by atoms with Gasteiger partial charge in [0.15, 0.2) is 0 Å². The van der Waals surface area contributed by atoms with E-state index in [-0.39, 0.29) is 11.7 Å². The second-order valence-corrected chi connectivity index (χ2v) is 7.23.